The number of rotatable bonds is 4. The quantitative estimate of drug-likeness (QED) is 0.485. The number of nitrogens with zero attached hydrogens (tertiary/aromatic N) is 2. The summed E-state index contributed by atoms with van der Waals surface area (Å²) in [6, 6.07) is 9.53. The molecule has 1 aromatic carbocycles. The molecule has 0 aliphatic rings. The van der Waals surface area contributed by atoms with Gasteiger partial charge < -0.3 is 16.0 Å². The highest BCUT2D eigenvalue weighted by Gasteiger charge is 2.02. The minimum atomic E-state index is 0. The Kier molecular flexibility index (Phi) is 8.10. The molecule has 100 valence electrons. The molecule has 3 N–H and O–H groups in total. The van der Waals surface area contributed by atoms with Crippen LogP contribution in [0.3, 0.4) is 0 Å². The molecular formula is C12H19IN4O. The number of hydrogen-bond acceptors (Lipinski definition) is 2. The summed E-state index contributed by atoms with van der Waals surface area (Å²) in [5.41, 5.74) is 6.56. The van der Waals surface area contributed by atoms with E-state index in [1.807, 2.05) is 30.3 Å². The highest BCUT2D eigenvalue weighted by molar-refractivity contribution is 14.0. The number of nitrogens with two attached hydrogens (primary N) is 1. The topological polar surface area (TPSA) is 70.7 Å². The van der Waals surface area contributed by atoms with Gasteiger partial charge in [0.1, 0.15) is 0 Å². The van der Waals surface area contributed by atoms with E-state index >= 15 is 0 Å². The summed E-state index contributed by atoms with van der Waals surface area (Å²) in [5.74, 6) is 0.365. The maximum Gasteiger partial charge on any atom is 0.223 e. The third-order valence-electron chi connectivity index (χ3n) is 2.15. The summed E-state index contributed by atoms with van der Waals surface area (Å²) in [7, 11) is 3.44. The van der Waals surface area contributed by atoms with Crippen LogP contribution >= 0.6 is 24.0 Å². The molecule has 1 aromatic rings. The molecule has 0 atom stereocenters. The Morgan fingerprint density at radius 3 is 2.50 bits per heavy atom. The van der Waals surface area contributed by atoms with E-state index in [0.29, 0.717) is 18.9 Å². The second kappa shape index (κ2) is 8.73. The van der Waals surface area contributed by atoms with Gasteiger partial charge in [-0.25, -0.2) is 0 Å². The molecule has 18 heavy (non-hydrogen) atoms. The van der Waals surface area contributed by atoms with Crippen molar-refractivity contribution in [2.45, 2.75) is 6.42 Å². The fourth-order valence-corrected chi connectivity index (χ4v) is 1.20. The molecule has 0 heterocycles. The lowest BCUT2D eigenvalue weighted by Gasteiger charge is -2.09. The highest BCUT2D eigenvalue weighted by Crippen LogP contribution is 2.03. The van der Waals surface area contributed by atoms with Gasteiger partial charge in [-0.15, -0.1) is 24.0 Å². The average molecular weight is 362 g/mol. The van der Waals surface area contributed by atoms with Gasteiger partial charge in [-0.1, -0.05) is 18.2 Å². The summed E-state index contributed by atoms with van der Waals surface area (Å²) in [6.45, 7) is 0.392. The second-order valence-corrected chi connectivity index (χ2v) is 3.80. The molecule has 6 heteroatoms. The van der Waals surface area contributed by atoms with E-state index in [4.69, 9.17) is 5.73 Å². The van der Waals surface area contributed by atoms with E-state index in [9.17, 15) is 4.79 Å². The van der Waals surface area contributed by atoms with Crippen molar-refractivity contribution in [3.8, 4) is 0 Å². The first-order valence-electron chi connectivity index (χ1n) is 5.41. The van der Waals surface area contributed by atoms with Gasteiger partial charge in [0.2, 0.25) is 5.91 Å². The van der Waals surface area contributed by atoms with Gasteiger partial charge in [-0.2, -0.15) is 0 Å². The van der Waals surface area contributed by atoms with Gasteiger partial charge in [0.05, 0.1) is 6.54 Å². The van der Waals surface area contributed by atoms with Crippen molar-refractivity contribution in [1.29, 1.82) is 0 Å². The minimum Gasteiger partial charge on any atom is -0.370 e. The molecule has 0 unspecified atom stereocenters. The van der Waals surface area contributed by atoms with Crippen LogP contribution in [0.15, 0.2) is 35.3 Å². The number of amides is 1. The highest BCUT2D eigenvalue weighted by atomic mass is 127. The number of nitrogens with one attached hydrogen (secondary N) is 1. The first-order chi connectivity index (χ1) is 8.09. The van der Waals surface area contributed by atoms with E-state index < -0.39 is 0 Å². The molecule has 1 amide bonds. The fraction of sp³-hybridized carbons (Fsp3) is 0.333. The maximum atomic E-state index is 11.3. The van der Waals surface area contributed by atoms with E-state index in [1.165, 1.54) is 4.90 Å². The van der Waals surface area contributed by atoms with Gasteiger partial charge in [-0.05, 0) is 12.1 Å². The third kappa shape index (κ3) is 6.43. The van der Waals surface area contributed by atoms with Crippen molar-refractivity contribution < 1.29 is 4.79 Å². The Hall–Kier alpha value is -1.31. The summed E-state index contributed by atoms with van der Waals surface area (Å²) >= 11 is 0. The second-order valence-electron chi connectivity index (χ2n) is 3.80. The Labute approximate surface area is 124 Å². The summed E-state index contributed by atoms with van der Waals surface area (Å²) in [5, 5.41) is 2.95. The first kappa shape index (κ1) is 16.7. The zero-order chi connectivity index (χ0) is 12.7. The summed E-state index contributed by atoms with van der Waals surface area (Å²) in [4.78, 5) is 16.9. The predicted molar refractivity (Wildman–Crippen MR) is 85.3 cm³/mol. The monoisotopic (exact) mass is 362 g/mol. The molecule has 0 aliphatic heterocycles. The zero-order valence-electron chi connectivity index (χ0n) is 10.6. The molecule has 0 saturated carbocycles. The molecular weight excluding hydrogens is 343 g/mol. The van der Waals surface area contributed by atoms with Gasteiger partial charge in [-0.3, -0.25) is 9.79 Å². The van der Waals surface area contributed by atoms with Gasteiger partial charge in [0, 0.05) is 26.2 Å². The number of benzene rings is 1. The molecule has 0 aliphatic carbocycles. The number of guanidine groups is 1. The van der Waals surface area contributed by atoms with Crippen molar-refractivity contribution in [1.82, 2.24) is 4.90 Å². The van der Waals surface area contributed by atoms with Crippen molar-refractivity contribution in [3.63, 3.8) is 0 Å². The average Bonchev–Trinajstić information content (AvgIpc) is 2.30. The predicted octanol–water partition coefficient (Wildman–Crippen LogP) is 1.51. The zero-order valence-corrected chi connectivity index (χ0v) is 12.9. The summed E-state index contributed by atoms with van der Waals surface area (Å²) < 4.78 is 0. The normalized spacial score (nSPS) is 10.4. The van der Waals surface area contributed by atoms with Crippen LogP contribution in [-0.2, 0) is 4.79 Å². The Morgan fingerprint density at radius 2 is 1.94 bits per heavy atom. The standard InChI is InChI=1S/C12H18N4O.HI/c1-16(2)11(17)8-9-14-12(13)15-10-6-4-3-5-7-10;/h3-7H,8-9H2,1-2H3,(H3,13,14,15);1H. The Bertz CT molecular complexity index is 392. The number of hydrogen-bond donors (Lipinski definition) is 2. The third-order valence-corrected chi connectivity index (χ3v) is 2.15. The minimum absolute atomic E-state index is 0. The maximum absolute atomic E-state index is 11.3. The molecule has 0 spiro atoms. The number of halogens is 1. The lowest BCUT2D eigenvalue weighted by atomic mass is 10.3. The SMILES string of the molecule is CN(C)C(=O)CCN=C(N)Nc1ccccc1.I. The van der Waals surface area contributed by atoms with Gasteiger partial charge in [0.15, 0.2) is 5.96 Å². The van der Waals surface area contributed by atoms with E-state index in [0.717, 1.165) is 5.69 Å². The van der Waals surface area contributed by atoms with Crippen LogP contribution in [0.5, 0.6) is 0 Å². The van der Waals surface area contributed by atoms with Crippen LogP contribution in [0.2, 0.25) is 0 Å². The van der Waals surface area contributed by atoms with Gasteiger partial charge >= 0.3 is 0 Å². The fourth-order valence-electron chi connectivity index (χ4n) is 1.20. The van der Waals surface area contributed by atoms with E-state index in [-0.39, 0.29) is 29.9 Å². The Morgan fingerprint density at radius 1 is 1.33 bits per heavy atom. The van der Waals surface area contributed by atoms with Crippen molar-refractivity contribution in [2.24, 2.45) is 10.7 Å². The number of para-hydroxylation sites is 1. The van der Waals surface area contributed by atoms with Crippen molar-refractivity contribution in [3.05, 3.63) is 30.3 Å². The largest absolute Gasteiger partial charge is 0.370 e. The smallest absolute Gasteiger partial charge is 0.223 e. The van der Waals surface area contributed by atoms with Crippen LogP contribution in [-0.4, -0.2) is 37.4 Å². The Balaban J connectivity index is 0.00000289. The van der Waals surface area contributed by atoms with Crippen molar-refractivity contribution >= 4 is 41.5 Å². The van der Waals surface area contributed by atoms with Crippen LogP contribution in [0.4, 0.5) is 5.69 Å². The molecule has 0 aromatic heterocycles. The first-order valence-corrected chi connectivity index (χ1v) is 5.41. The van der Waals surface area contributed by atoms with Gasteiger partial charge in [0.25, 0.3) is 0 Å². The summed E-state index contributed by atoms with van der Waals surface area (Å²) in [6.07, 6.45) is 0.365. The molecule has 0 radical (unpaired) electrons. The van der Waals surface area contributed by atoms with E-state index in [2.05, 4.69) is 10.3 Å². The van der Waals surface area contributed by atoms with Crippen molar-refractivity contribution in [2.75, 3.05) is 26.0 Å². The number of anilines is 1. The van der Waals surface area contributed by atoms with Crippen LogP contribution in [0.25, 0.3) is 0 Å². The van der Waals surface area contributed by atoms with Crippen LogP contribution in [0.1, 0.15) is 6.42 Å². The number of carbonyl (C=O) groups excluding carboxylic acids is 1. The molecule has 0 bridgehead atoms. The molecule has 0 saturated heterocycles. The molecule has 5 nitrogen and oxygen atoms in total. The van der Waals surface area contributed by atoms with Crippen LogP contribution < -0.4 is 11.1 Å². The van der Waals surface area contributed by atoms with E-state index in [1.54, 1.807) is 14.1 Å². The molecule has 1 rings (SSSR count). The number of aliphatic imine (C=N–C) groups is 1. The molecule has 0 fully saturated rings. The number of carbonyl (C=O) groups is 1. The van der Waals surface area contributed by atoms with Crippen LogP contribution in [0, 0.1) is 0 Å². The lowest BCUT2D eigenvalue weighted by Crippen LogP contribution is -2.25. The lowest BCUT2D eigenvalue weighted by molar-refractivity contribution is -0.128.